The standard InChI is InChI=1S/C24H19N3O4/c1-31-22-12-16(8-11-21(22)28)20(26-17-9-6-15(13-25)7-10-17)14-27-23(29)18-4-2-3-5-19(18)24(27)30/h2-12,20,26,28H,14H2,1H3. The van der Waals surface area contributed by atoms with Crippen LogP contribution in [0.5, 0.6) is 11.5 Å². The first-order chi connectivity index (χ1) is 15.0. The molecule has 1 aliphatic heterocycles. The van der Waals surface area contributed by atoms with E-state index in [1.54, 1.807) is 60.7 Å². The van der Waals surface area contributed by atoms with Crippen molar-refractivity contribution in [2.75, 3.05) is 19.0 Å². The van der Waals surface area contributed by atoms with Crippen LogP contribution in [0.2, 0.25) is 0 Å². The summed E-state index contributed by atoms with van der Waals surface area (Å²) in [5, 5.41) is 22.3. The van der Waals surface area contributed by atoms with Crippen LogP contribution in [0.1, 0.15) is 37.9 Å². The second kappa shape index (κ2) is 8.20. The molecule has 0 spiro atoms. The van der Waals surface area contributed by atoms with Crippen molar-refractivity contribution in [2.24, 2.45) is 0 Å². The predicted octanol–water partition coefficient (Wildman–Crippen LogP) is 3.72. The third kappa shape index (κ3) is 3.79. The zero-order valence-electron chi connectivity index (χ0n) is 16.7. The number of carbonyl (C=O) groups is 2. The monoisotopic (exact) mass is 413 g/mol. The number of carbonyl (C=O) groups excluding carboxylic acids is 2. The van der Waals surface area contributed by atoms with E-state index >= 15 is 0 Å². The summed E-state index contributed by atoms with van der Waals surface area (Å²) in [6.45, 7) is 0.0697. The number of methoxy groups -OCH3 is 1. The molecule has 0 saturated carbocycles. The highest BCUT2D eigenvalue weighted by Crippen LogP contribution is 2.32. The zero-order valence-corrected chi connectivity index (χ0v) is 16.7. The van der Waals surface area contributed by atoms with Crippen molar-refractivity contribution in [1.29, 1.82) is 5.26 Å². The third-order valence-corrected chi connectivity index (χ3v) is 5.20. The Morgan fingerprint density at radius 2 is 1.68 bits per heavy atom. The van der Waals surface area contributed by atoms with E-state index in [2.05, 4.69) is 11.4 Å². The van der Waals surface area contributed by atoms with Crippen LogP contribution in [0, 0.1) is 11.3 Å². The Morgan fingerprint density at radius 3 is 2.26 bits per heavy atom. The maximum Gasteiger partial charge on any atom is 0.261 e. The van der Waals surface area contributed by atoms with Crippen LogP contribution in [-0.4, -0.2) is 35.5 Å². The molecule has 4 rings (SSSR count). The highest BCUT2D eigenvalue weighted by Gasteiger charge is 2.36. The zero-order chi connectivity index (χ0) is 22.0. The summed E-state index contributed by atoms with van der Waals surface area (Å²) in [5.74, 6) is -0.425. The predicted molar refractivity (Wildman–Crippen MR) is 114 cm³/mol. The molecule has 0 aromatic heterocycles. The number of nitriles is 1. The molecule has 1 atom stereocenters. The fourth-order valence-electron chi connectivity index (χ4n) is 3.58. The molecule has 1 heterocycles. The van der Waals surface area contributed by atoms with E-state index in [1.807, 2.05) is 0 Å². The molecule has 31 heavy (non-hydrogen) atoms. The number of fused-ring (bicyclic) bond motifs is 1. The summed E-state index contributed by atoms with van der Waals surface area (Å²) in [7, 11) is 1.45. The highest BCUT2D eigenvalue weighted by molar-refractivity contribution is 6.21. The Morgan fingerprint density at radius 1 is 1.03 bits per heavy atom. The molecule has 0 radical (unpaired) electrons. The lowest BCUT2D eigenvalue weighted by Crippen LogP contribution is -2.36. The van der Waals surface area contributed by atoms with E-state index in [0.29, 0.717) is 22.4 Å². The van der Waals surface area contributed by atoms with E-state index in [0.717, 1.165) is 5.56 Å². The molecule has 0 bridgehead atoms. The van der Waals surface area contributed by atoms with Gasteiger partial charge in [0.25, 0.3) is 11.8 Å². The number of hydrogen-bond acceptors (Lipinski definition) is 6. The van der Waals surface area contributed by atoms with Crippen molar-refractivity contribution in [3.8, 4) is 17.6 Å². The Hall–Kier alpha value is -4.31. The number of amides is 2. The van der Waals surface area contributed by atoms with Crippen molar-refractivity contribution < 1.29 is 19.4 Å². The molecule has 2 N–H and O–H groups in total. The molecule has 0 fully saturated rings. The number of ether oxygens (including phenoxy) is 1. The first-order valence-corrected chi connectivity index (χ1v) is 9.60. The van der Waals surface area contributed by atoms with Crippen molar-refractivity contribution >= 4 is 17.5 Å². The molecule has 154 valence electrons. The van der Waals surface area contributed by atoms with Crippen molar-refractivity contribution in [1.82, 2.24) is 4.90 Å². The largest absolute Gasteiger partial charge is 0.504 e. The lowest BCUT2D eigenvalue weighted by molar-refractivity contribution is 0.0647. The van der Waals surface area contributed by atoms with E-state index in [-0.39, 0.29) is 29.9 Å². The first kappa shape index (κ1) is 20.0. The number of hydrogen-bond donors (Lipinski definition) is 2. The van der Waals surface area contributed by atoms with Crippen molar-refractivity contribution in [2.45, 2.75) is 6.04 Å². The summed E-state index contributed by atoms with van der Waals surface area (Å²) in [4.78, 5) is 26.9. The van der Waals surface area contributed by atoms with Gasteiger partial charge in [-0.2, -0.15) is 5.26 Å². The number of imide groups is 1. The average Bonchev–Trinajstić information content (AvgIpc) is 3.04. The highest BCUT2D eigenvalue weighted by atomic mass is 16.5. The Bertz CT molecular complexity index is 1160. The van der Waals surface area contributed by atoms with Gasteiger partial charge in [0.15, 0.2) is 11.5 Å². The van der Waals surface area contributed by atoms with Gasteiger partial charge in [0.1, 0.15) is 0 Å². The number of phenolic OH excluding ortho intramolecular Hbond substituents is 1. The van der Waals surface area contributed by atoms with Gasteiger partial charge in [-0.25, -0.2) is 0 Å². The van der Waals surface area contributed by atoms with Gasteiger partial charge in [-0.15, -0.1) is 0 Å². The molecule has 1 unspecified atom stereocenters. The fraction of sp³-hybridized carbons (Fsp3) is 0.125. The van der Waals surface area contributed by atoms with Gasteiger partial charge >= 0.3 is 0 Å². The average molecular weight is 413 g/mol. The van der Waals surface area contributed by atoms with Crippen LogP contribution in [0.4, 0.5) is 5.69 Å². The number of benzene rings is 3. The third-order valence-electron chi connectivity index (χ3n) is 5.20. The van der Waals surface area contributed by atoms with Crippen LogP contribution in [0.3, 0.4) is 0 Å². The Labute approximate surface area is 179 Å². The minimum absolute atomic E-state index is 0.0101. The van der Waals surface area contributed by atoms with Gasteiger partial charge in [-0.3, -0.25) is 14.5 Å². The van der Waals surface area contributed by atoms with Crippen molar-refractivity contribution in [3.63, 3.8) is 0 Å². The Balaban J connectivity index is 1.68. The lowest BCUT2D eigenvalue weighted by Gasteiger charge is -2.25. The van der Waals surface area contributed by atoms with Crippen molar-refractivity contribution in [3.05, 3.63) is 89.0 Å². The van der Waals surface area contributed by atoms with E-state index in [4.69, 9.17) is 10.00 Å². The molecule has 0 saturated heterocycles. The van der Waals surface area contributed by atoms with Gasteiger partial charge < -0.3 is 15.2 Å². The summed E-state index contributed by atoms with van der Waals surface area (Å²) in [5.41, 5.74) is 2.72. The van der Waals surface area contributed by atoms with Crippen LogP contribution in [0.15, 0.2) is 66.7 Å². The molecular formula is C24H19N3O4. The van der Waals surface area contributed by atoms with Gasteiger partial charge in [0.05, 0.1) is 42.5 Å². The van der Waals surface area contributed by atoms with Gasteiger partial charge in [0, 0.05) is 5.69 Å². The number of nitrogens with zero attached hydrogens (tertiary/aromatic N) is 2. The lowest BCUT2D eigenvalue weighted by atomic mass is 10.0. The van der Waals surface area contributed by atoms with Crippen LogP contribution in [0.25, 0.3) is 0 Å². The number of rotatable bonds is 6. The second-order valence-electron chi connectivity index (χ2n) is 7.08. The SMILES string of the molecule is COc1cc(C(CN2C(=O)c3ccccc3C2=O)Nc2ccc(C#N)cc2)ccc1O. The minimum atomic E-state index is -0.482. The molecule has 3 aromatic rings. The number of anilines is 1. The van der Waals surface area contributed by atoms with E-state index < -0.39 is 6.04 Å². The number of aromatic hydroxyl groups is 1. The van der Waals surface area contributed by atoms with E-state index in [9.17, 15) is 14.7 Å². The molecule has 1 aliphatic rings. The number of nitrogens with one attached hydrogen (secondary N) is 1. The normalized spacial score (nSPS) is 13.5. The second-order valence-corrected chi connectivity index (χ2v) is 7.08. The molecular weight excluding hydrogens is 394 g/mol. The minimum Gasteiger partial charge on any atom is -0.504 e. The van der Waals surface area contributed by atoms with Gasteiger partial charge in [-0.1, -0.05) is 18.2 Å². The molecule has 3 aromatic carbocycles. The van der Waals surface area contributed by atoms with E-state index in [1.165, 1.54) is 18.1 Å². The van der Waals surface area contributed by atoms with Gasteiger partial charge in [-0.05, 0) is 54.1 Å². The number of phenols is 1. The molecule has 0 aliphatic carbocycles. The summed E-state index contributed by atoms with van der Waals surface area (Å²) < 4.78 is 5.22. The van der Waals surface area contributed by atoms with Crippen LogP contribution in [-0.2, 0) is 0 Å². The summed E-state index contributed by atoms with van der Waals surface area (Å²) in [6, 6.07) is 20.1. The van der Waals surface area contributed by atoms with Crippen LogP contribution < -0.4 is 10.1 Å². The Kier molecular flexibility index (Phi) is 5.29. The quantitative estimate of drug-likeness (QED) is 0.597. The summed E-state index contributed by atoms with van der Waals surface area (Å²) in [6.07, 6.45) is 0. The maximum absolute atomic E-state index is 12.9. The fourth-order valence-corrected chi connectivity index (χ4v) is 3.58. The molecule has 7 heteroatoms. The van der Waals surface area contributed by atoms with Crippen LogP contribution >= 0.6 is 0 Å². The summed E-state index contributed by atoms with van der Waals surface area (Å²) >= 11 is 0. The maximum atomic E-state index is 12.9. The smallest absolute Gasteiger partial charge is 0.261 e. The molecule has 7 nitrogen and oxygen atoms in total. The van der Waals surface area contributed by atoms with Gasteiger partial charge in [0.2, 0.25) is 0 Å². The first-order valence-electron chi connectivity index (χ1n) is 9.60. The topological polar surface area (TPSA) is 103 Å². The molecule has 2 amide bonds.